The van der Waals surface area contributed by atoms with Crippen molar-refractivity contribution in [2.24, 2.45) is 11.3 Å². The zero-order valence-corrected chi connectivity index (χ0v) is 17.4. The van der Waals surface area contributed by atoms with Crippen LogP contribution in [0.4, 0.5) is 0 Å². The van der Waals surface area contributed by atoms with Crippen LogP contribution in [0.5, 0.6) is 0 Å². The molecule has 4 rings (SSSR count). The SMILES string of the molecule is CC1NCC2(C)CCC(c3ccc(Cl)cc3Cl)C(c3ccc(Cl)cc3)C12. The summed E-state index contributed by atoms with van der Waals surface area (Å²) in [5.74, 6) is 1.37. The van der Waals surface area contributed by atoms with Gasteiger partial charge in [-0.2, -0.15) is 0 Å². The van der Waals surface area contributed by atoms with Crippen LogP contribution < -0.4 is 5.32 Å². The fraction of sp³-hybridized carbons (Fsp3) is 0.455. The molecule has 1 aliphatic carbocycles. The van der Waals surface area contributed by atoms with Crippen molar-refractivity contribution >= 4 is 34.8 Å². The molecule has 0 radical (unpaired) electrons. The molecule has 0 amide bonds. The first-order chi connectivity index (χ1) is 12.4. The van der Waals surface area contributed by atoms with Crippen molar-refractivity contribution in [3.8, 4) is 0 Å². The Bertz CT molecular complexity index is 804. The van der Waals surface area contributed by atoms with Crippen LogP contribution in [0.2, 0.25) is 15.1 Å². The molecule has 2 aromatic carbocycles. The van der Waals surface area contributed by atoms with E-state index in [2.05, 4.69) is 37.4 Å². The normalized spacial score (nSPS) is 33.9. The van der Waals surface area contributed by atoms with Crippen LogP contribution in [0.15, 0.2) is 42.5 Å². The molecule has 1 heterocycles. The molecule has 4 heteroatoms. The number of benzene rings is 2. The molecule has 0 bridgehead atoms. The molecule has 1 saturated heterocycles. The molecule has 1 nitrogen and oxygen atoms in total. The lowest BCUT2D eigenvalue weighted by Gasteiger charge is -2.48. The molecule has 1 N–H and O–H groups in total. The van der Waals surface area contributed by atoms with E-state index < -0.39 is 0 Å². The van der Waals surface area contributed by atoms with Crippen LogP contribution in [-0.2, 0) is 0 Å². The van der Waals surface area contributed by atoms with Crippen molar-refractivity contribution in [1.29, 1.82) is 0 Å². The molecular weight excluding hydrogens is 385 g/mol. The van der Waals surface area contributed by atoms with Gasteiger partial charge in [0.1, 0.15) is 0 Å². The standard InChI is InChI=1S/C22H24Cl3N/c1-13-21-20(14-3-5-15(23)6-4-14)18(9-10-22(21,2)12-26-13)17-8-7-16(24)11-19(17)25/h3-8,11,13,18,20-21,26H,9-10,12H2,1-2H3. The predicted octanol–water partition coefficient (Wildman–Crippen LogP) is 6.92. The Labute approximate surface area is 171 Å². The summed E-state index contributed by atoms with van der Waals surface area (Å²) in [5, 5.41) is 5.99. The second kappa shape index (κ2) is 7.02. The van der Waals surface area contributed by atoms with E-state index in [9.17, 15) is 0 Å². The predicted molar refractivity (Wildman–Crippen MR) is 112 cm³/mol. The molecule has 2 aromatic rings. The summed E-state index contributed by atoms with van der Waals surface area (Å²) in [6.07, 6.45) is 2.35. The number of hydrogen-bond acceptors (Lipinski definition) is 1. The maximum atomic E-state index is 6.63. The van der Waals surface area contributed by atoms with Gasteiger partial charge in [-0.3, -0.25) is 0 Å². The van der Waals surface area contributed by atoms with Gasteiger partial charge in [-0.25, -0.2) is 0 Å². The summed E-state index contributed by atoms with van der Waals surface area (Å²) in [5.41, 5.74) is 2.90. The lowest BCUT2D eigenvalue weighted by Crippen LogP contribution is -2.41. The van der Waals surface area contributed by atoms with E-state index in [1.54, 1.807) is 0 Å². The minimum absolute atomic E-state index is 0.319. The average molecular weight is 409 g/mol. The van der Waals surface area contributed by atoms with Crippen molar-refractivity contribution in [2.45, 2.75) is 44.6 Å². The lowest BCUT2D eigenvalue weighted by atomic mass is 9.56. The number of rotatable bonds is 2. The summed E-state index contributed by atoms with van der Waals surface area (Å²) in [4.78, 5) is 0. The van der Waals surface area contributed by atoms with E-state index in [-0.39, 0.29) is 0 Å². The Balaban J connectivity index is 1.83. The molecule has 0 spiro atoms. The molecule has 5 unspecified atom stereocenters. The Kier molecular flexibility index (Phi) is 5.03. The van der Waals surface area contributed by atoms with E-state index in [1.165, 1.54) is 17.5 Å². The van der Waals surface area contributed by atoms with Gasteiger partial charge in [0.15, 0.2) is 0 Å². The number of fused-ring (bicyclic) bond motifs is 1. The van der Waals surface area contributed by atoms with Gasteiger partial charge in [0, 0.05) is 27.7 Å². The fourth-order valence-corrected chi connectivity index (χ4v) is 6.11. The highest BCUT2D eigenvalue weighted by atomic mass is 35.5. The molecule has 0 aromatic heterocycles. The van der Waals surface area contributed by atoms with Crippen molar-refractivity contribution in [3.63, 3.8) is 0 Å². The number of halogens is 3. The monoisotopic (exact) mass is 407 g/mol. The van der Waals surface area contributed by atoms with Gasteiger partial charge in [-0.1, -0.05) is 59.9 Å². The van der Waals surface area contributed by atoms with Crippen LogP contribution >= 0.6 is 34.8 Å². The maximum absolute atomic E-state index is 6.63. The highest BCUT2D eigenvalue weighted by Gasteiger charge is 2.53. The summed E-state index contributed by atoms with van der Waals surface area (Å²) >= 11 is 19.0. The third kappa shape index (κ3) is 3.18. The smallest absolute Gasteiger partial charge is 0.0455 e. The molecule has 26 heavy (non-hydrogen) atoms. The minimum atomic E-state index is 0.319. The Morgan fingerprint density at radius 2 is 1.69 bits per heavy atom. The van der Waals surface area contributed by atoms with Gasteiger partial charge in [0.2, 0.25) is 0 Å². The molecule has 5 atom stereocenters. The van der Waals surface area contributed by atoms with Gasteiger partial charge in [-0.15, -0.1) is 0 Å². The van der Waals surface area contributed by atoms with Crippen LogP contribution in [0, 0.1) is 11.3 Å². The summed E-state index contributed by atoms with van der Waals surface area (Å²) in [6, 6.07) is 14.9. The fourth-order valence-electron chi connectivity index (χ4n) is 5.43. The van der Waals surface area contributed by atoms with Crippen LogP contribution in [-0.4, -0.2) is 12.6 Å². The van der Waals surface area contributed by atoms with E-state index in [0.29, 0.717) is 34.2 Å². The largest absolute Gasteiger partial charge is 0.313 e. The van der Waals surface area contributed by atoms with Gasteiger partial charge >= 0.3 is 0 Å². The second-order valence-electron chi connectivity index (χ2n) is 8.24. The Hall–Kier alpha value is -0.730. The first kappa shape index (κ1) is 18.6. The lowest BCUT2D eigenvalue weighted by molar-refractivity contribution is 0.114. The van der Waals surface area contributed by atoms with Crippen molar-refractivity contribution in [1.82, 2.24) is 5.32 Å². The minimum Gasteiger partial charge on any atom is -0.313 e. The first-order valence-electron chi connectivity index (χ1n) is 9.33. The summed E-state index contributed by atoms with van der Waals surface area (Å²) in [6.45, 7) is 5.85. The zero-order chi connectivity index (χ0) is 18.5. The summed E-state index contributed by atoms with van der Waals surface area (Å²) in [7, 11) is 0. The Morgan fingerprint density at radius 1 is 1.00 bits per heavy atom. The third-order valence-corrected chi connectivity index (χ3v) is 7.45. The summed E-state index contributed by atoms with van der Waals surface area (Å²) < 4.78 is 0. The van der Waals surface area contributed by atoms with E-state index in [1.807, 2.05) is 24.3 Å². The molecule has 138 valence electrons. The average Bonchev–Trinajstić information content (AvgIpc) is 2.91. The third-order valence-electron chi connectivity index (χ3n) is 6.64. The molecule has 2 aliphatic rings. The van der Waals surface area contributed by atoms with Crippen LogP contribution in [0.3, 0.4) is 0 Å². The highest BCUT2D eigenvalue weighted by Crippen LogP contribution is 2.58. The van der Waals surface area contributed by atoms with Gasteiger partial charge in [-0.05, 0) is 78.3 Å². The first-order valence-corrected chi connectivity index (χ1v) is 10.5. The quantitative estimate of drug-likeness (QED) is 0.568. The molecule has 1 aliphatic heterocycles. The van der Waals surface area contributed by atoms with Gasteiger partial charge < -0.3 is 5.32 Å². The van der Waals surface area contributed by atoms with Gasteiger partial charge in [0.25, 0.3) is 0 Å². The maximum Gasteiger partial charge on any atom is 0.0455 e. The Morgan fingerprint density at radius 3 is 2.38 bits per heavy atom. The van der Waals surface area contributed by atoms with E-state index in [4.69, 9.17) is 34.8 Å². The molecule has 2 fully saturated rings. The topological polar surface area (TPSA) is 12.0 Å². The van der Waals surface area contributed by atoms with Crippen molar-refractivity contribution in [3.05, 3.63) is 68.7 Å². The van der Waals surface area contributed by atoms with Crippen LogP contribution in [0.1, 0.15) is 49.7 Å². The van der Waals surface area contributed by atoms with Crippen molar-refractivity contribution < 1.29 is 0 Å². The van der Waals surface area contributed by atoms with Gasteiger partial charge in [0.05, 0.1) is 0 Å². The number of nitrogens with one attached hydrogen (secondary N) is 1. The molecule has 1 saturated carbocycles. The highest BCUT2D eigenvalue weighted by molar-refractivity contribution is 6.35. The van der Waals surface area contributed by atoms with E-state index in [0.717, 1.165) is 23.0 Å². The van der Waals surface area contributed by atoms with Crippen molar-refractivity contribution in [2.75, 3.05) is 6.54 Å². The second-order valence-corrected chi connectivity index (χ2v) is 9.52. The van der Waals surface area contributed by atoms with E-state index >= 15 is 0 Å². The van der Waals surface area contributed by atoms with Crippen LogP contribution in [0.25, 0.3) is 0 Å². The zero-order valence-electron chi connectivity index (χ0n) is 15.1. The molecular formula is C22H24Cl3N. The number of hydrogen-bond donors (Lipinski definition) is 1.